The van der Waals surface area contributed by atoms with Gasteiger partial charge in [-0.2, -0.15) is 0 Å². The minimum absolute atomic E-state index is 0.822. The predicted molar refractivity (Wildman–Crippen MR) is 63.2 cm³/mol. The van der Waals surface area contributed by atoms with Crippen LogP contribution in [0.25, 0.3) is 0 Å². The van der Waals surface area contributed by atoms with E-state index in [4.69, 9.17) is 0 Å². The minimum atomic E-state index is 0.822. The second-order valence-electron chi connectivity index (χ2n) is 4.91. The van der Waals surface area contributed by atoms with E-state index in [2.05, 4.69) is 32.8 Å². The highest BCUT2D eigenvalue weighted by molar-refractivity contribution is 14.1. The molecule has 0 spiro atoms. The molecular formula is C10H11IN2S. The molecule has 4 unspecified atom stereocenters. The third-order valence-electron chi connectivity index (χ3n) is 4.44. The molecule has 4 heteroatoms. The van der Waals surface area contributed by atoms with Crippen molar-refractivity contribution in [1.29, 1.82) is 0 Å². The van der Waals surface area contributed by atoms with Crippen LogP contribution in [0.1, 0.15) is 30.2 Å². The summed E-state index contributed by atoms with van der Waals surface area (Å²) in [6.45, 7) is 0. The van der Waals surface area contributed by atoms with Crippen molar-refractivity contribution in [3.63, 3.8) is 0 Å². The first-order valence-electron chi connectivity index (χ1n) is 5.33. The Hall–Kier alpha value is 0.290. The van der Waals surface area contributed by atoms with E-state index >= 15 is 0 Å². The number of hydrogen-bond donors (Lipinski definition) is 0. The zero-order valence-corrected chi connectivity index (χ0v) is 10.7. The summed E-state index contributed by atoms with van der Waals surface area (Å²) in [6.07, 6.45) is 4.53. The lowest BCUT2D eigenvalue weighted by atomic mass is 10.0. The molecule has 1 aromatic heterocycles. The number of hydrogen-bond acceptors (Lipinski definition) is 3. The van der Waals surface area contributed by atoms with Gasteiger partial charge in [0.2, 0.25) is 0 Å². The van der Waals surface area contributed by atoms with Gasteiger partial charge in [-0.3, -0.25) is 0 Å². The lowest BCUT2D eigenvalue weighted by Gasteiger charge is -2.04. The topological polar surface area (TPSA) is 25.8 Å². The van der Waals surface area contributed by atoms with E-state index in [0.717, 1.165) is 32.6 Å². The van der Waals surface area contributed by atoms with Crippen molar-refractivity contribution in [3.05, 3.63) is 8.02 Å². The molecule has 3 fully saturated rings. The number of halogens is 1. The Bertz CT molecular complexity index is 375. The van der Waals surface area contributed by atoms with Crippen molar-refractivity contribution in [2.75, 3.05) is 0 Å². The van der Waals surface area contributed by atoms with E-state index in [1.54, 1.807) is 0 Å². The van der Waals surface area contributed by atoms with E-state index < -0.39 is 0 Å². The molecule has 3 aliphatic carbocycles. The summed E-state index contributed by atoms with van der Waals surface area (Å²) in [7, 11) is 0. The average molecular weight is 318 g/mol. The van der Waals surface area contributed by atoms with Crippen molar-refractivity contribution >= 4 is 33.9 Å². The first-order valence-corrected chi connectivity index (χ1v) is 7.23. The van der Waals surface area contributed by atoms with Gasteiger partial charge in [0.15, 0.2) is 3.01 Å². The maximum Gasteiger partial charge on any atom is 0.178 e. The Balaban J connectivity index is 1.66. The second kappa shape index (κ2) is 2.70. The first kappa shape index (κ1) is 8.44. The summed E-state index contributed by atoms with van der Waals surface area (Å²) >= 11 is 4.09. The molecule has 1 heterocycles. The Kier molecular flexibility index (Phi) is 1.63. The van der Waals surface area contributed by atoms with Crippen LogP contribution in [0.3, 0.4) is 0 Å². The highest BCUT2D eigenvalue weighted by Gasteiger charge is 2.66. The van der Waals surface area contributed by atoms with Crippen LogP contribution in [0.2, 0.25) is 0 Å². The van der Waals surface area contributed by atoms with Gasteiger partial charge in [-0.1, -0.05) is 11.3 Å². The molecule has 3 aliphatic rings. The zero-order chi connectivity index (χ0) is 9.28. The van der Waals surface area contributed by atoms with Gasteiger partial charge in [0.05, 0.1) is 0 Å². The van der Waals surface area contributed by atoms with Crippen LogP contribution in [0.5, 0.6) is 0 Å². The molecule has 2 nitrogen and oxygen atoms in total. The maximum atomic E-state index is 4.32. The summed E-state index contributed by atoms with van der Waals surface area (Å²) in [5.74, 6) is 4.95. The Morgan fingerprint density at radius 3 is 2.43 bits per heavy atom. The van der Waals surface area contributed by atoms with Crippen LogP contribution in [-0.2, 0) is 0 Å². The van der Waals surface area contributed by atoms with Gasteiger partial charge >= 0.3 is 0 Å². The van der Waals surface area contributed by atoms with E-state index in [0.29, 0.717) is 0 Å². The van der Waals surface area contributed by atoms with Gasteiger partial charge in [-0.25, -0.2) is 0 Å². The van der Waals surface area contributed by atoms with Crippen LogP contribution in [0.4, 0.5) is 0 Å². The van der Waals surface area contributed by atoms with Crippen molar-refractivity contribution in [3.8, 4) is 0 Å². The predicted octanol–water partition coefficient (Wildman–Crippen LogP) is 2.90. The highest BCUT2D eigenvalue weighted by atomic mass is 127. The normalized spacial score (nSPS) is 48.2. The fourth-order valence-electron chi connectivity index (χ4n) is 4.01. The third-order valence-corrected chi connectivity index (χ3v) is 6.13. The van der Waals surface area contributed by atoms with Crippen molar-refractivity contribution in [2.24, 2.45) is 23.7 Å². The molecule has 1 aromatic rings. The number of rotatable bonds is 1. The van der Waals surface area contributed by atoms with Gasteiger partial charge in [0, 0.05) is 5.92 Å². The molecule has 74 valence electrons. The monoisotopic (exact) mass is 318 g/mol. The molecule has 4 atom stereocenters. The lowest BCUT2D eigenvalue weighted by molar-refractivity contribution is 0.456. The molecule has 0 amide bonds. The number of fused-ring (bicyclic) bond motifs is 5. The molecule has 2 bridgehead atoms. The Morgan fingerprint density at radius 1 is 1.14 bits per heavy atom. The number of nitrogens with zero attached hydrogens (tertiary/aromatic N) is 2. The molecule has 4 rings (SSSR count). The SMILES string of the molecule is Ic1nnc(C2C3C4CCC(C4)C23)s1. The summed E-state index contributed by atoms with van der Waals surface area (Å²) in [5.41, 5.74) is 0. The number of aromatic nitrogens is 2. The summed E-state index contributed by atoms with van der Waals surface area (Å²) in [6, 6.07) is 0. The third kappa shape index (κ3) is 0.965. The molecule has 3 saturated carbocycles. The molecule has 0 aliphatic heterocycles. The van der Waals surface area contributed by atoms with Gasteiger partial charge in [-0.15, -0.1) is 10.2 Å². The van der Waals surface area contributed by atoms with E-state index in [1.807, 2.05) is 11.3 Å². The maximum absolute atomic E-state index is 4.32. The van der Waals surface area contributed by atoms with Crippen molar-refractivity contribution in [2.45, 2.75) is 25.2 Å². The molecule has 0 aromatic carbocycles. The van der Waals surface area contributed by atoms with Gasteiger partial charge in [0.1, 0.15) is 5.01 Å². The standard InChI is InChI=1S/C10H11IN2S/c11-10-13-12-9(14-10)8-6-4-1-2-5(3-4)7(6)8/h4-8H,1-3H2. The van der Waals surface area contributed by atoms with Crippen LogP contribution in [0.15, 0.2) is 0 Å². The van der Waals surface area contributed by atoms with E-state index in [-0.39, 0.29) is 0 Å². The molecule has 0 saturated heterocycles. The summed E-state index contributed by atoms with van der Waals surface area (Å²) < 4.78 is 1.11. The Morgan fingerprint density at radius 2 is 1.86 bits per heavy atom. The van der Waals surface area contributed by atoms with Crippen molar-refractivity contribution in [1.82, 2.24) is 10.2 Å². The molecular weight excluding hydrogens is 307 g/mol. The average Bonchev–Trinajstić information content (AvgIpc) is 2.58. The summed E-state index contributed by atoms with van der Waals surface area (Å²) in [4.78, 5) is 0. The smallest absolute Gasteiger partial charge is 0.142 e. The second-order valence-corrected chi connectivity index (χ2v) is 7.67. The zero-order valence-electron chi connectivity index (χ0n) is 7.69. The minimum Gasteiger partial charge on any atom is -0.142 e. The molecule has 0 radical (unpaired) electrons. The quantitative estimate of drug-likeness (QED) is 0.744. The fourth-order valence-corrected chi connectivity index (χ4v) is 5.58. The van der Waals surface area contributed by atoms with Crippen LogP contribution < -0.4 is 0 Å². The van der Waals surface area contributed by atoms with Crippen LogP contribution >= 0.6 is 33.9 Å². The van der Waals surface area contributed by atoms with E-state index in [9.17, 15) is 0 Å². The fraction of sp³-hybridized carbons (Fsp3) is 0.800. The van der Waals surface area contributed by atoms with Crippen LogP contribution in [0, 0.1) is 26.7 Å². The first-order chi connectivity index (χ1) is 6.84. The summed E-state index contributed by atoms with van der Waals surface area (Å²) in [5, 5.41) is 9.78. The van der Waals surface area contributed by atoms with Gasteiger partial charge in [0.25, 0.3) is 0 Å². The van der Waals surface area contributed by atoms with Gasteiger partial charge < -0.3 is 0 Å². The Labute approximate surface area is 101 Å². The lowest BCUT2D eigenvalue weighted by Crippen LogP contribution is -1.96. The van der Waals surface area contributed by atoms with Crippen molar-refractivity contribution < 1.29 is 0 Å². The molecule has 14 heavy (non-hydrogen) atoms. The molecule has 0 N–H and O–H groups in total. The largest absolute Gasteiger partial charge is 0.178 e. The van der Waals surface area contributed by atoms with Gasteiger partial charge in [-0.05, 0) is 65.5 Å². The highest BCUT2D eigenvalue weighted by Crippen LogP contribution is 2.73. The van der Waals surface area contributed by atoms with Crippen LogP contribution in [-0.4, -0.2) is 10.2 Å². The van der Waals surface area contributed by atoms with E-state index in [1.165, 1.54) is 24.3 Å².